The Hall–Kier alpha value is -1.80. The molecule has 0 bridgehead atoms. The van der Waals surface area contributed by atoms with Crippen LogP contribution in [0.1, 0.15) is 10.4 Å². The van der Waals surface area contributed by atoms with Crippen LogP contribution in [0.5, 0.6) is 0 Å². The number of hydrogen-bond donors (Lipinski definition) is 1. The van der Waals surface area contributed by atoms with Crippen molar-refractivity contribution >= 4 is 39.7 Å². The van der Waals surface area contributed by atoms with E-state index in [0.717, 1.165) is 28.1 Å². The molecule has 3 heteroatoms. The number of H-pyrrole nitrogens is 1. The van der Waals surface area contributed by atoms with Gasteiger partial charge >= 0.3 is 0 Å². The molecule has 0 saturated heterocycles. The van der Waals surface area contributed by atoms with Crippen LogP contribution in [-0.4, -0.2) is 11.3 Å². The summed E-state index contributed by atoms with van der Waals surface area (Å²) in [5.74, 6) is 0. The summed E-state index contributed by atoms with van der Waals surface area (Å²) < 4.78 is 0. The van der Waals surface area contributed by atoms with Gasteiger partial charge in [-0.2, -0.15) is 0 Å². The van der Waals surface area contributed by atoms with Gasteiger partial charge in [0.05, 0.1) is 5.02 Å². The van der Waals surface area contributed by atoms with E-state index in [-0.39, 0.29) is 0 Å². The lowest BCUT2D eigenvalue weighted by Crippen LogP contribution is -1.81. The number of aromatic nitrogens is 1. The Morgan fingerprint density at radius 1 is 1.06 bits per heavy atom. The zero-order valence-electron chi connectivity index (χ0n) is 8.33. The number of halogens is 1. The molecule has 3 aromatic rings. The van der Waals surface area contributed by atoms with Crippen molar-refractivity contribution in [1.82, 2.24) is 4.98 Å². The van der Waals surface area contributed by atoms with E-state index >= 15 is 0 Å². The van der Waals surface area contributed by atoms with E-state index < -0.39 is 0 Å². The van der Waals surface area contributed by atoms with Crippen molar-refractivity contribution in [3.05, 3.63) is 47.0 Å². The van der Waals surface area contributed by atoms with Gasteiger partial charge in [0.15, 0.2) is 6.29 Å². The third kappa shape index (κ3) is 1.24. The van der Waals surface area contributed by atoms with E-state index in [1.165, 1.54) is 0 Å². The van der Waals surface area contributed by atoms with Crippen LogP contribution >= 0.6 is 11.6 Å². The second-order valence-electron chi connectivity index (χ2n) is 3.71. The number of nitrogens with one attached hydrogen (secondary N) is 1. The summed E-state index contributed by atoms with van der Waals surface area (Å²) in [5.41, 5.74) is 2.53. The van der Waals surface area contributed by atoms with Crippen molar-refractivity contribution in [1.29, 1.82) is 0 Å². The number of para-hydroxylation sites is 1. The molecule has 0 spiro atoms. The molecular weight excluding hydrogens is 222 g/mol. The monoisotopic (exact) mass is 229 g/mol. The first-order chi connectivity index (χ1) is 7.79. The lowest BCUT2D eigenvalue weighted by atomic mass is 10.1. The van der Waals surface area contributed by atoms with Gasteiger partial charge in [-0.15, -0.1) is 0 Å². The average Bonchev–Trinajstić information content (AvgIpc) is 2.65. The number of rotatable bonds is 1. The van der Waals surface area contributed by atoms with E-state index in [9.17, 15) is 4.79 Å². The number of hydrogen-bond acceptors (Lipinski definition) is 1. The van der Waals surface area contributed by atoms with E-state index in [0.29, 0.717) is 10.6 Å². The first-order valence-corrected chi connectivity index (χ1v) is 5.32. The zero-order chi connectivity index (χ0) is 11.1. The quantitative estimate of drug-likeness (QED) is 0.633. The number of fused-ring (bicyclic) bond motifs is 3. The zero-order valence-corrected chi connectivity index (χ0v) is 9.08. The normalized spacial score (nSPS) is 11.1. The molecule has 0 radical (unpaired) electrons. The molecule has 0 amide bonds. The fraction of sp³-hybridized carbons (Fsp3) is 0. The second kappa shape index (κ2) is 3.35. The molecule has 16 heavy (non-hydrogen) atoms. The standard InChI is InChI=1S/C13H8ClNO/c14-11-6-13-10(5-8(11)7-16)9-3-1-2-4-12(9)15-13/h1-7,15H. The van der Waals surface area contributed by atoms with Crippen molar-refractivity contribution in [2.45, 2.75) is 0 Å². The van der Waals surface area contributed by atoms with Crippen molar-refractivity contribution in [2.75, 3.05) is 0 Å². The molecule has 0 aliphatic rings. The van der Waals surface area contributed by atoms with Crippen LogP contribution in [0.15, 0.2) is 36.4 Å². The predicted molar refractivity (Wildman–Crippen MR) is 66.2 cm³/mol. The fourth-order valence-corrected chi connectivity index (χ4v) is 2.19. The summed E-state index contributed by atoms with van der Waals surface area (Å²) in [4.78, 5) is 14.1. The smallest absolute Gasteiger partial charge is 0.151 e. The Kier molecular flexibility index (Phi) is 1.98. The van der Waals surface area contributed by atoms with Crippen LogP contribution in [0.3, 0.4) is 0 Å². The summed E-state index contributed by atoms with van der Waals surface area (Å²) >= 11 is 5.98. The molecule has 1 N–H and O–H groups in total. The highest BCUT2D eigenvalue weighted by Gasteiger charge is 2.07. The Morgan fingerprint density at radius 3 is 2.69 bits per heavy atom. The van der Waals surface area contributed by atoms with E-state index in [2.05, 4.69) is 4.98 Å². The maximum absolute atomic E-state index is 10.8. The van der Waals surface area contributed by atoms with Gasteiger partial charge in [-0.1, -0.05) is 29.8 Å². The maximum atomic E-state index is 10.8. The van der Waals surface area contributed by atoms with Crippen LogP contribution in [-0.2, 0) is 0 Å². The highest BCUT2D eigenvalue weighted by molar-refractivity contribution is 6.34. The Balaban J connectivity index is 2.52. The summed E-state index contributed by atoms with van der Waals surface area (Å²) in [5, 5.41) is 2.62. The van der Waals surface area contributed by atoms with Gasteiger partial charge in [0.2, 0.25) is 0 Å². The van der Waals surface area contributed by atoms with Gasteiger partial charge in [-0.05, 0) is 18.2 Å². The highest BCUT2D eigenvalue weighted by atomic mass is 35.5. The van der Waals surface area contributed by atoms with Gasteiger partial charge in [0.1, 0.15) is 0 Å². The predicted octanol–water partition coefficient (Wildman–Crippen LogP) is 3.79. The molecule has 2 aromatic carbocycles. The van der Waals surface area contributed by atoms with Crippen LogP contribution in [0.25, 0.3) is 21.8 Å². The fourth-order valence-electron chi connectivity index (χ4n) is 1.98. The summed E-state index contributed by atoms with van der Waals surface area (Å²) in [6.07, 6.45) is 0.781. The summed E-state index contributed by atoms with van der Waals surface area (Å²) in [6.45, 7) is 0. The number of aldehydes is 1. The van der Waals surface area contributed by atoms with Crippen LogP contribution in [0.2, 0.25) is 5.02 Å². The van der Waals surface area contributed by atoms with Crippen molar-refractivity contribution in [2.24, 2.45) is 0 Å². The molecule has 2 nitrogen and oxygen atoms in total. The molecule has 0 atom stereocenters. The maximum Gasteiger partial charge on any atom is 0.151 e. The molecule has 0 fully saturated rings. The van der Waals surface area contributed by atoms with Crippen LogP contribution in [0.4, 0.5) is 0 Å². The lowest BCUT2D eigenvalue weighted by molar-refractivity contribution is 0.112. The largest absolute Gasteiger partial charge is 0.354 e. The second-order valence-corrected chi connectivity index (χ2v) is 4.11. The summed E-state index contributed by atoms with van der Waals surface area (Å²) in [7, 11) is 0. The van der Waals surface area contributed by atoms with Crippen LogP contribution in [0, 0.1) is 0 Å². The number of benzene rings is 2. The molecule has 0 unspecified atom stereocenters. The number of aromatic amines is 1. The Bertz CT molecular complexity index is 700. The van der Waals surface area contributed by atoms with Crippen molar-refractivity contribution in [3.8, 4) is 0 Å². The first kappa shape index (κ1) is 9.43. The molecule has 3 rings (SSSR count). The summed E-state index contributed by atoms with van der Waals surface area (Å²) in [6, 6.07) is 11.6. The Morgan fingerprint density at radius 2 is 1.88 bits per heavy atom. The van der Waals surface area contributed by atoms with Crippen LogP contribution < -0.4 is 0 Å². The third-order valence-electron chi connectivity index (χ3n) is 2.75. The molecule has 0 aliphatic heterocycles. The molecule has 78 valence electrons. The van der Waals surface area contributed by atoms with Crippen molar-refractivity contribution < 1.29 is 4.79 Å². The molecule has 0 aliphatic carbocycles. The topological polar surface area (TPSA) is 32.9 Å². The van der Waals surface area contributed by atoms with Gasteiger partial charge in [-0.25, -0.2) is 0 Å². The molecule has 1 heterocycles. The van der Waals surface area contributed by atoms with Gasteiger partial charge in [0, 0.05) is 27.4 Å². The minimum Gasteiger partial charge on any atom is -0.354 e. The Labute approximate surface area is 96.8 Å². The minimum atomic E-state index is 0.481. The van der Waals surface area contributed by atoms with Gasteiger partial charge < -0.3 is 4.98 Å². The van der Waals surface area contributed by atoms with Gasteiger partial charge in [-0.3, -0.25) is 4.79 Å². The molecule has 1 aromatic heterocycles. The number of carbonyl (C=O) groups excluding carboxylic acids is 1. The van der Waals surface area contributed by atoms with Gasteiger partial charge in [0.25, 0.3) is 0 Å². The van der Waals surface area contributed by atoms with E-state index in [1.807, 2.05) is 30.3 Å². The average molecular weight is 230 g/mol. The number of carbonyl (C=O) groups is 1. The highest BCUT2D eigenvalue weighted by Crippen LogP contribution is 2.29. The lowest BCUT2D eigenvalue weighted by Gasteiger charge is -1.96. The van der Waals surface area contributed by atoms with E-state index in [1.54, 1.807) is 6.07 Å². The first-order valence-electron chi connectivity index (χ1n) is 4.95. The van der Waals surface area contributed by atoms with Crippen molar-refractivity contribution in [3.63, 3.8) is 0 Å². The third-order valence-corrected chi connectivity index (χ3v) is 3.08. The molecular formula is C13H8ClNO. The molecule has 0 saturated carbocycles. The SMILES string of the molecule is O=Cc1cc2c(cc1Cl)[nH]c1ccccc12. The van der Waals surface area contributed by atoms with E-state index in [4.69, 9.17) is 11.6 Å². The minimum absolute atomic E-state index is 0.481.